The van der Waals surface area contributed by atoms with E-state index in [1.54, 1.807) is 0 Å². The van der Waals surface area contributed by atoms with Crippen LogP contribution in [0.5, 0.6) is 0 Å². The van der Waals surface area contributed by atoms with Crippen LogP contribution >= 0.6 is 0 Å². The molecule has 2 aromatic rings. The summed E-state index contributed by atoms with van der Waals surface area (Å²) in [5, 5.41) is 2.47. The number of hydrogen-bond acceptors (Lipinski definition) is 5. The molecule has 5 fully saturated rings. The summed E-state index contributed by atoms with van der Waals surface area (Å²) in [5.74, 6) is 0.681. The van der Waals surface area contributed by atoms with E-state index in [1.807, 2.05) is 6.92 Å². The second-order valence-corrected chi connectivity index (χ2v) is 10.3. The Morgan fingerprint density at radius 1 is 0.968 bits per heavy atom. The van der Waals surface area contributed by atoms with E-state index in [-0.39, 0.29) is 18.1 Å². The number of ether oxygens (including phenoxy) is 3. The summed E-state index contributed by atoms with van der Waals surface area (Å²) >= 11 is 0. The third kappa shape index (κ3) is 3.09. The Morgan fingerprint density at radius 3 is 2.68 bits per heavy atom. The molecule has 0 aromatic heterocycles. The van der Waals surface area contributed by atoms with Gasteiger partial charge >= 0.3 is 0 Å². The lowest BCUT2D eigenvalue weighted by atomic mass is 9.58. The number of fused-ring (bicyclic) bond motifs is 3. The molecule has 0 unspecified atom stereocenters. The van der Waals surface area contributed by atoms with Crippen molar-refractivity contribution >= 4 is 10.8 Å². The van der Waals surface area contributed by atoms with Crippen molar-refractivity contribution in [1.29, 1.82) is 0 Å². The van der Waals surface area contributed by atoms with Crippen molar-refractivity contribution in [3.05, 3.63) is 48.0 Å². The molecule has 7 rings (SSSR count). The first-order valence-electron chi connectivity index (χ1n) is 11.8. The van der Waals surface area contributed by atoms with Crippen LogP contribution in [0.15, 0.2) is 42.5 Å². The smallest absolute Gasteiger partial charge is 0.201 e. The second kappa shape index (κ2) is 7.26. The quantitative estimate of drug-likeness (QED) is 0.603. The lowest BCUT2D eigenvalue weighted by Gasteiger charge is -2.60. The van der Waals surface area contributed by atoms with Crippen LogP contribution in [0.25, 0.3) is 10.8 Å². The fraction of sp³-hybridized carbons (Fsp3) is 0.615. The van der Waals surface area contributed by atoms with Gasteiger partial charge in [0.1, 0.15) is 0 Å². The number of rotatable bonds is 3. The Morgan fingerprint density at radius 2 is 1.81 bits per heavy atom. The summed E-state index contributed by atoms with van der Waals surface area (Å²) in [4.78, 5) is 12.1. The highest BCUT2D eigenvalue weighted by Gasteiger charge is 2.69. The minimum Gasteiger partial charge on any atom is -0.348 e. The van der Waals surface area contributed by atoms with Crippen LogP contribution in [0.2, 0.25) is 0 Å². The predicted octanol–water partition coefficient (Wildman–Crippen LogP) is 5.56. The average molecular weight is 425 g/mol. The maximum atomic E-state index is 6.52. The fourth-order valence-electron chi connectivity index (χ4n) is 6.57. The van der Waals surface area contributed by atoms with Gasteiger partial charge in [-0.05, 0) is 60.4 Å². The maximum Gasteiger partial charge on any atom is 0.201 e. The van der Waals surface area contributed by atoms with E-state index in [0.29, 0.717) is 18.4 Å². The molecule has 2 bridgehead atoms. The van der Waals surface area contributed by atoms with Gasteiger partial charge in [-0.3, -0.25) is 0 Å². The van der Waals surface area contributed by atoms with Gasteiger partial charge in [0.15, 0.2) is 18.2 Å². The molecule has 5 heteroatoms. The molecule has 1 saturated carbocycles. The van der Waals surface area contributed by atoms with Gasteiger partial charge in [-0.2, -0.15) is 0 Å². The molecule has 31 heavy (non-hydrogen) atoms. The van der Waals surface area contributed by atoms with E-state index < -0.39 is 17.7 Å². The van der Waals surface area contributed by atoms with E-state index >= 15 is 0 Å². The van der Waals surface area contributed by atoms with Gasteiger partial charge in [-0.1, -0.05) is 50.2 Å². The Balaban J connectivity index is 1.26. The highest BCUT2D eigenvalue weighted by molar-refractivity contribution is 5.82. The van der Waals surface area contributed by atoms with Gasteiger partial charge in [-0.25, -0.2) is 9.78 Å². The van der Waals surface area contributed by atoms with E-state index in [9.17, 15) is 0 Å². The van der Waals surface area contributed by atoms with Crippen LogP contribution < -0.4 is 0 Å². The summed E-state index contributed by atoms with van der Waals surface area (Å²) in [6.07, 6.45) is 3.37. The van der Waals surface area contributed by atoms with Crippen molar-refractivity contribution in [3.63, 3.8) is 0 Å². The monoisotopic (exact) mass is 424 g/mol. The van der Waals surface area contributed by atoms with Crippen molar-refractivity contribution in [3.8, 4) is 0 Å². The molecular weight excluding hydrogens is 392 g/mol. The zero-order valence-electron chi connectivity index (χ0n) is 18.6. The summed E-state index contributed by atoms with van der Waals surface area (Å²) in [6.45, 7) is 7.05. The highest BCUT2D eigenvalue weighted by Crippen LogP contribution is 2.60. The van der Waals surface area contributed by atoms with Crippen molar-refractivity contribution in [2.75, 3.05) is 0 Å². The van der Waals surface area contributed by atoms with Crippen LogP contribution in [0.4, 0.5) is 0 Å². The molecule has 4 saturated heterocycles. The zero-order chi connectivity index (χ0) is 21.2. The molecule has 4 aliphatic heterocycles. The molecule has 0 radical (unpaired) electrons. The van der Waals surface area contributed by atoms with Crippen molar-refractivity contribution in [2.45, 2.75) is 77.0 Å². The Labute approximate surface area is 183 Å². The van der Waals surface area contributed by atoms with Gasteiger partial charge < -0.3 is 14.2 Å². The molecule has 166 valence electrons. The summed E-state index contributed by atoms with van der Waals surface area (Å²) in [6, 6.07) is 14.9. The zero-order valence-corrected chi connectivity index (χ0v) is 18.6. The normalized spacial score (nSPS) is 44.1. The Kier molecular flexibility index (Phi) is 4.71. The summed E-state index contributed by atoms with van der Waals surface area (Å²) < 4.78 is 19.3. The van der Waals surface area contributed by atoms with Crippen molar-refractivity contribution in [2.24, 2.45) is 23.7 Å². The van der Waals surface area contributed by atoms with Crippen LogP contribution in [0.3, 0.4) is 0 Å². The third-order valence-electron chi connectivity index (χ3n) is 8.33. The molecule has 5 nitrogen and oxygen atoms in total. The first kappa shape index (κ1) is 20.1. The lowest BCUT2D eigenvalue weighted by Crippen LogP contribution is -2.70. The molecule has 0 amide bonds. The molecule has 0 N–H and O–H groups in total. The largest absolute Gasteiger partial charge is 0.348 e. The van der Waals surface area contributed by atoms with Gasteiger partial charge in [0.05, 0.1) is 6.61 Å². The van der Waals surface area contributed by atoms with Gasteiger partial charge in [0.25, 0.3) is 0 Å². The van der Waals surface area contributed by atoms with Crippen molar-refractivity contribution in [1.82, 2.24) is 0 Å². The lowest BCUT2D eigenvalue weighted by molar-refractivity contribution is -0.577. The predicted molar refractivity (Wildman–Crippen MR) is 116 cm³/mol. The standard InChI is InChI=1S/C26H32O5/c1-16-8-11-22-17(2)23(27-15-18-9-10-19-6-4-5-7-20(19)14-18)28-24-26(22)21(16)12-13-25(3,29-24)30-31-26/h4-7,9-10,14,16-17,21-24H,8,11-13,15H2,1-3H3/t16-,17-,21+,22+,23+,24-,25-,26-/m1/s1. The van der Waals surface area contributed by atoms with E-state index in [2.05, 4.69) is 56.3 Å². The highest BCUT2D eigenvalue weighted by atomic mass is 17.3. The topological polar surface area (TPSA) is 46.2 Å². The fourth-order valence-corrected chi connectivity index (χ4v) is 6.57. The maximum absolute atomic E-state index is 6.52. The molecular formula is C26H32O5. The first-order valence-corrected chi connectivity index (χ1v) is 11.8. The minimum atomic E-state index is -0.749. The van der Waals surface area contributed by atoms with E-state index in [0.717, 1.165) is 24.8 Å². The van der Waals surface area contributed by atoms with Gasteiger partial charge in [0.2, 0.25) is 5.79 Å². The average Bonchev–Trinajstić information content (AvgIpc) is 3.01. The Hall–Kier alpha value is -1.50. The first-order chi connectivity index (χ1) is 15.0. The Bertz CT molecular complexity index is 977. The van der Waals surface area contributed by atoms with Crippen LogP contribution in [0.1, 0.15) is 52.0 Å². The molecule has 1 aliphatic carbocycles. The summed E-state index contributed by atoms with van der Waals surface area (Å²) in [5.41, 5.74) is 0.621. The number of benzene rings is 2. The van der Waals surface area contributed by atoms with Crippen LogP contribution in [0, 0.1) is 23.7 Å². The number of hydrogen-bond donors (Lipinski definition) is 0. The second-order valence-electron chi connectivity index (χ2n) is 10.3. The molecule has 2 aromatic carbocycles. The molecule has 4 heterocycles. The van der Waals surface area contributed by atoms with Gasteiger partial charge in [0, 0.05) is 18.3 Å². The summed E-state index contributed by atoms with van der Waals surface area (Å²) in [7, 11) is 0. The van der Waals surface area contributed by atoms with E-state index in [1.165, 1.54) is 17.2 Å². The molecule has 5 aliphatic rings. The van der Waals surface area contributed by atoms with Crippen molar-refractivity contribution < 1.29 is 24.0 Å². The molecule has 1 spiro atoms. The van der Waals surface area contributed by atoms with Gasteiger partial charge in [-0.15, -0.1) is 0 Å². The molecule has 8 atom stereocenters. The minimum absolute atomic E-state index is 0.196. The SMILES string of the molecule is C[C@H]1[C@@H](OCc2ccc3ccccc3c2)O[C@@H]2O[C@@]3(C)CC[C@H]4[C@H](C)CC[C@@H]1[C@@]24OO3. The van der Waals surface area contributed by atoms with E-state index in [4.69, 9.17) is 24.0 Å². The van der Waals surface area contributed by atoms with Crippen LogP contribution in [-0.2, 0) is 30.6 Å². The van der Waals surface area contributed by atoms with Crippen LogP contribution in [-0.4, -0.2) is 24.0 Å². The third-order valence-corrected chi connectivity index (χ3v) is 8.33.